The van der Waals surface area contributed by atoms with Gasteiger partial charge >= 0.3 is 0 Å². The Labute approximate surface area is 171 Å². The van der Waals surface area contributed by atoms with E-state index in [9.17, 15) is 14.0 Å². The molecule has 0 aliphatic heterocycles. The lowest BCUT2D eigenvalue weighted by molar-refractivity contribution is 0.0714. The molecule has 2 aromatic heterocycles. The average molecular weight is 413 g/mol. The van der Waals surface area contributed by atoms with E-state index in [1.54, 1.807) is 11.0 Å². The summed E-state index contributed by atoms with van der Waals surface area (Å²) in [5, 5.41) is 8.62. The molecule has 1 fully saturated rings. The molecule has 1 aliphatic carbocycles. The topological polar surface area (TPSA) is 75.4 Å². The summed E-state index contributed by atoms with van der Waals surface area (Å²) in [6, 6.07) is 10.8. The molecule has 0 unspecified atom stereocenters. The van der Waals surface area contributed by atoms with Crippen LogP contribution in [0.15, 0.2) is 52.4 Å². The Morgan fingerprint density at radius 2 is 2.00 bits per heavy atom. The number of carbonyl (C=O) groups is 2. The van der Waals surface area contributed by atoms with Crippen molar-refractivity contribution in [3.8, 4) is 0 Å². The largest absolute Gasteiger partial charge is 0.359 e. The van der Waals surface area contributed by atoms with Gasteiger partial charge < -0.3 is 14.7 Å². The number of nitrogens with one attached hydrogen (secondary N) is 1. The third-order valence-electron chi connectivity index (χ3n) is 4.69. The molecule has 1 aromatic carbocycles. The molecule has 0 saturated heterocycles. The maximum atomic E-state index is 13.2. The molecule has 8 heteroatoms. The second-order valence-electron chi connectivity index (χ2n) is 7.08. The zero-order chi connectivity index (χ0) is 20.2. The van der Waals surface area contributed by atoms with E-state index in [1.807, 2.05) is 17.5 Å². The highest BCUT2D eigenvalue weighted by atomic mass is 32.1. The van der Waals surface area contributed by atoms with E-state index in [0.717, 1.165) is 17.7 Å². The monoisotopic (exact) mass is 413 g/mol. The van der Waals surface area contributed by atoms with Crippen molar-refractivity contribution < 1.29 is 18.5 Å². The number of amides is 2. The molecular weight excluding hydrogens is 393 g/mol. The summed E-state index contributed by atoms with van der Waals surface area (Å²) in [5.41, 5.74) is 0.579. The normalized spacial score (nSPS) is 13.3. The highest BCUT2D eigenvalue weighted by Crippen LogP contribution is 2.27. The number of carbonyl (C=O) groups excluding carboxylic acids is 2. The van der Waals surface area contributed by atoms with Crippen molar-refractivity contribution in [2.45, 2.75) is 25.9 Å². The van der Waals surface area contributed by atoms with Crippen molar-refractivity contribution in [3.05, 3.63) is 75.6 Å². The minimum atomic E-state index is -0.400. The van der Waals surface area contributed by atoms with Crippen LogP contribution in [0.25, 0.3) is 0 Å². The van der Waals surface area contributed by atoms with Gasteiger partial charge in [0.05, 0.1) is 13.1 Å². The highest BCUT2D eigenvalue weighted by Gasteiger charge is 2.24. The Morgan fingerprint density at radius 1 is 1.21 bits per heavy atom. The summed E-state index contributed by atoms with van der Waals surface area (Å²) in [7, 11) is 0. The fourth-order valence-corrected chi connectivity index (χ4v) is 3.62. The molecule has 0 radical (unpaired) electrons. The molecule has 2 amide bonds. The SMILES string of the molecule is O=C(NCC1CC1)c1cc(CN(Cc2cccs2)C(=O)c2ccc(F)cc2)on1. The first-order valence-electron chi connectivity index (χ1n) is 9.39. The smallest absolute Gasteiger partial charge is 0.273 e. The van der Waals surface area contributed by atoms with Gasteiger partial charge in [-0.05, 0) is 54.5 Å². The molecule has 0 spiro atoms. The molecule has 2 heterocycles. The molecular formula is C21H20FN3O3S. The lowest BCUT2D eigenvalue weighted by Gasteiger charge is -2.21. The van der Waals surface area contributed by atoms with E-state index in [2.05, 4.69) is 10.5 Å². The zero-order valence-corrected chi connectivity index (χ0v) is 16.5. The number of halogens is 1. The molecule has 3 aromatic rings. The van der Waals surface area contributed by atoms with Gasteiger partial charge in [0, 0.05) is 23.1 Å². The first-order valence-corrected chi connectivity index (χ1v) is 10.3. The van der Waals surface area contributed by atoms with Crippen LogP contribution in [0.5, 0.6) is 0 Å². The third kappa shape index (κ3) is 5.08. The van der Waals surface area contributed by atoms with Crippen LogP contribution < -0.4 is 5.32 Å². The third-order valence-corrected chi connectivity index (χ3v) is 5.55. The van der Waals surface area contributed by atoms with Gasteiger partial charge in [-0.15, -0.1) is 11.3 Å². The van der Waals surface area contributed by atoms with E-state index in [0.29, 0.717) is 30.3 Å². The quantitative estimate of drug-likeness (QED) is 0.609. The predicted octanol–water partition coefficient (Wildman–Crippen LogP) is 3.86. The van der Waals surface area contributed by atoms with Gasteiger partial charge in [0.2, 0.25) is 0 Å². The second-order valence-corrected chi connectivity index (χ2v) is 8.11. The van der Waals surface area contributed by atoms with Crippen LogP contribution in [-0.4, -0.2) is 28.4 Å². The van der Waals surface area contributed by atoms with Crippen LogP contribution in [0.2, 0.25) is 0 Å². The minimum absolute atomic E-state index is 0.150. The van der Waals surface area contributed by atoms with E-state index < -0.39 is 5.82 Å². The molecule has 29 heavy (non-hydrogen) atoms. The Bertz CT molecular complexity index is 981. The maximum Gasteiger partial charge on any atom is 0.273 e. The van der Waals surface area contributed by atoms with Crippen LogP contribution in [0.1, 0.15) is 44.3 Å². The summed E-state index contributed by atoms with van der Waals surface area (Å²) in [6.45, 7) is 1.17. The van der Waals surface area contributed by atoms with Crippen molar-refractivity contribution in [1.29, 1.82) is 0 Å². The maximum absolute atomic E-state index is 13.2. The summed E-state index contributed by atoms with van der Waals surface area (Å²) >= 11 is 1.54. The summed E-state index contributed by atoms with van der Waals surface area (Å²) in [6.07, 6.45) is 2.29. The molecule has 1 N–H and O–H groups in total. The first kappa shape index (κ1) is 19.3. The fourth-order valence-electron chi connectivity index (χ4n) is 2.90. The molecule has 6 nitrogen and oxygen atoms in total. The minimum Gasteiger partial charge on any atom is -0.359 e. The molecule has 4 rings (SSSR count). The van der Waals surface area contributed by atoms with Crippen LogP contribution in [0.4, 0.5) is 4.39 Å². The fraction of sp³-hybridized carbons (Fsp3) is 0.286. The van der Waals surface area contributed by atoms with Gasteiger partial charge in [-0.25, -0.2) is 4.39 Å². The second kappa shape index (κ2) is 8.57. The lowest BCUT2D eigenvalue weighted by Crippen LogP contribution is -2.29. The standard InChI is InChI=1S/C21H20FN3O3S/c22-16-7-5-15(6-8-16)21(27)25(13-18-2-1-9-29-18)12-17-10-19(24-28-17)20(26)23-11-14-3-4-14/h1-2,5-10,14H,3-4,11-13H2,(H,23,26). The van der Waals surface area contributed by atoms with Crippen LogP contribution >= 0.6 is 11.3 Å². The molecule has 1 aliphatic rings. The van der Waals surface area contributed by atoms with Gasteiger partial charge in [0.1, 0.15) is 5.82 Å². The van der Waals surface area contributed by atoms with Gasteiger partial charge in [0.15, 0.2) is 11.5 Å². The highest BCUT2D eigenvalue weighted by molar-refractivity contribution is 7.09. The Morgan fingerprint density at radius 3 is 2.69 bits per heavy atom. The number of nitrogens with zero attached hydrogens (tertiary/aromatic N) is 2. The number of hydrogen-bond acceptors (Lipinski definition) is 5. The Balaban J connectivity index is 1.48. The van der Waals surface area contributed by atoms with Crippen molar-refractivity contribution >= 4 is 23.2 Å². The Hall–Kier alpha value is -3.00. The van der Waals surface area contributed by atoms with E-state index >= 15 is 0 Å². The van der Waals surface area contributed by atoms with Gasteiger partial charge in [0.25, 0.3) is 11.8 Å². The molecule has 1 saturated carbocycles. The number of thiophene rings is 1. The van der Waals surface area contributed by atoms with Crippen molar-refractivity contribution in [3.63, 3.8) is 0 Å². The first-order chi connectivity index (χ1) is 14.1. The van der Waals surface area contributed by atoms with Gasteiger partial charge in [-0.3, -0.25) is 9.59 Å². The number of aromatic nitrogens is 1. The van der Waals surface area contributed by atoms with Crippen molar-refractivity contribution in [2.75, 3.05) is 6.54 Å². The zero-order valence-electron chi connectivity index (χ0n) is 15.6. The van der Waals surface area contributed by atoms with Gasteiger partial charge in [-0.2, -0.15) is 0 Å². The number of rotatable bonds is 8. The van der Waals surface area contributed by atoms with Gasteiger partial charge in [-0.1, -0.05) is 11.2 Å². The van der Waals surface area contributed by atoms with Crippen LogP contribution in [0, 0.1) is 11.7 Å². The summed E-state index contributed by atoms with van der Waals surface area (Å²) < 4.78 is 18.5. The summed E-state index contributed by atoms with van der Waals surface area (Å²) in [4.78, 5) is 27.7. The molecule has 0 bridgehead atoms. The van der Waals surface area contributed by atoms with E-state index in [-0.39, 0.29) is 24.1 Å². The molecule has 0 atom stereocenters. The predicted molar refractivity (Wildman–Crippen MR) is 106 cm³/mol. The van der Waals surface area contributed by atoms with E-state index in [4.69, 9.17) is 4.52 Å². The van der Waals surface area contributed by atoms with Crippen molar-refractivity contribution in [2.24, 2.45) is 5.92 Å². The lowest BCUT2D eigenvalue weighted by atomic mass is 10.2. The van der Waals surface area contributed by atoms with Crippen molar-refractivity contribution in [1.82, 2.24) is 15.4 Å². The molecule has 150 valence electrons. The number of benzene rings is 1. The average Bonchev–Trinajstić information content (AvgIpc) is 3.19. The van der Waals surface area contributed by atoms with E-state index in [1.165, 1.54) is 35.6 Å². The van der Waals surface area contributed by atoms with Crippen LogP contribution in [-0.2, 0) is 13.1 Å². The number of hydrogen-bond donors (Lipinski definition) is 1. The summed E-state index contributed by atoms with van der Waals surface area (Å²) in [5.74, 6) is 0.0491. The Kier molecular flexibility index (Phi) is 5.71. The van der Waals surface area contributed by atoms with Crippen LogP contribution in [0.3, 0.4) is 0 Å².